The van der Waals surface area contributed by atoms with Gasteiger partial charge in [-0.3, -0.25) is 4.79 Å². The highest BCUT2D eigenvalue weighted by Gasteiger charge is 2.35. The molecule has 1 amide bonds. The van der Waals surface area contributed by atoms with Gasteiger partial charge in [-0.25, -0.2) is 4.79 Å². The highest BCUT2D eigenvalue weighted by molar-refractivity contribution is 5.92. The summed E-state index contributed by atoms with van der Waals surface area (Å²) >= 11 is 0. The van der Waals surface area contributed by atoms with Crippen LogP contribution in [0.2, 0.25) is 0 Å². The molecule has 0 spiro atoms. The fourth-order valence-electron chi connectivity index (χ4n) is 3.04. The lowest BCUT2D eigenvalue weighted by atomic mass is 9.83. The summed E-state index contributed by atoms with van der Waals surface area (Å²) in [7, 11) is 0. The molecule has 0 unspecified atom stereocenters. The van der Waals surface area contributed by atoms with Crippen molar-refractivity contribution >= 4 is 11.9 Å². The van der Waals surface area contributed by atoms with Gasteiger partial charge in [-0.2, -0.15) is 5.26 Å². The summed E-state index contributed by atoms with van der Waals surface area (Å²) in [6.45, 7) is 5.91. The number of ether oxygens (including phenoxy) is 2. The van der Waals surface area contributed by atoms with Crippen LogP contribution in [0.25, 0.3) is 0 Å². The summed E-state index contributed by atoms with van der Waals surface area (Å²) in [6.07, 6.45) is 3.33. The molecule has 1 aliphatic rings. The molecule has 0 aliphatic heterocycles. The van der Waals surface area contributed by atoms with Gasteiger partial charge in [0.05, 0.1) is 24.3 Å². The van der Waals surface area contributed by atoms with E-state index in [4.69, 9.17) is 9.47 Å². The maximum atomic E-state index is 12.4. The van der Waals surface area contributed by atoms with E-state index in [2.05, 4.69) is 11.4 Å². The van der Waals surface area contributed by atoms with Gasteiger partial charge < -0.3 is 14.8 Å². The maximum Gasteiger partial charge on any atom is 0.338 e. The lowest BCUT2D eigenvalue weighted by Gasteiger charge is -2.32. The summed E-state index contributed by atoms with van der Waals surface area (Å²) in [4.78, 5) is 24.7. The third-order valence-corrected chi connectivity index (χ3v) is 4.71. The maximum absolute atomic E-state index is 12.4. The van der Waals surface area contributed by atoms with E-state index < -0.39 is 23.5 Å². The molecule has 1 aromatic rings. The zero-order valence-corrected chi connectivity index (χ0v) is 16.3. The summed E-state index contributed by atoms with van der Waals surface area (Å²) in [5.74, 6) is -1.00. The molecule has 27 heavy (non-hydrogen) atoms. The number of esters is 1. The molecular weight excluding hydrogens is 344 g/mol. The molecule has 1 aromatic carbocycles. The Morgan fingerprint density at radius 2 is 1.78 bits per heavy atom. The molecule has 2 rings (SSSR count). The molecule has 0 heterocycles. The van der Waals surface area contributed by atoms with Crippen LogP contribution in [0, 0.1) is 11.3 Å². The fraction of sp³-hybridized carbons (Fsp3) is 0.571. The summed E-state index contributed by atoms with van der Waals surface area (Å²) in [5.41, 5.74) is 0.489. The first-order valence-corrected chi connectivity index (χ1v) is 9.50. The second-order valence-corrected chi connectivity index (χ2v) is 7.35. The lowest BCUT2D eigenvalue weighted by Crippen LogP contribution is -2.52. The predicted molar refractivity (Wildman–Crippen MR) is 101 cm³/mol. The largest absolute Gasteiger partial charge is 0.449 e. The van der Waals surface area contributed by atoms with Crippen molar-refractivity contribution < 1.29 is 19.1 Å². The quantitative estimate of drug-likeness (QED) is 0.740. The third-order valence-electron chi connectivity index (χ3n) is 4.71. The number of rotatable bonds is 7. The van der Waals surface area contributed by atoms with Crippen molar-refractivity contribution in [3.63, 3.8) is 0 Å². The van der Waals surface area contributed by atoms with Crippen molar-refractivity contribution in [2.24, 2.45) is 0 Å². The minimum Gasteiger partial charge on any atom is -0.449 e. The number of nitriles is 1. The molecule has 1 saturated carbocycles. The normalized spacial score (nSPS) is 17.0. The van der Waals surface area contributed by atoms with Gasteiger partial charge in [0.15, 0.2) is 6.10 Å². The third kappa shape index (κ3) is 6.07. The van der Waals surface area contributed by atoms with Gasteiger partial charge in [-0.1, -0.05) is 31.4 Å². The first kappa shape index (κ1) is 20.9. The molecule has 6 heteroatoms. The molecule has 1 aliphatic carbocycles. The molecule has 1 atom stereocenters. The van der Waals surface area contributed by atoms with E-state index in [0.717, 1.165) is 24.8 Å². The van der Waals surface area contributed by atoms with E-state index in [1.165, 1.54) is 6.92 Å². The SMILES string of the molecule is CC(C)OCc1ccc(C(=O)O[C@H](C)C(=O)NC2(C#N)CCCCC2)cc1. The van der Waals surface area contributed by atoms with Crippen LogP contribution in [-0.4, -0.2) is 29.6 Å². The van der Waals surface area contributed by atoms with E-state index in [9.17, 15) is 14.9 Å². The molecule has 0 bridgehead atoms. The van der Waals surface area contributed by atoms with E-state index in [1.54, 1.807) is 24.3 Å². The van der Waals surface area contributed by atoms with E-state index >= 15 is 0 Å². The van der Waals surface area contributed by atoms with Gasteiger partial charge in [0.1, 0.15) is 5.54 Å². The number of carbonyl (C=O) groups excluding carboxylic acids is 2. The minimum atomic E-state index is -0.964. The lowest BCUT2D eigenvalue weighted by molar-refractivity contribution is -0.130. The highest BCUT2D eigenvalue weighted by Crippen LogP contribution is 2.27. The Bertz CT molecular complexity index is 685. The Kier molecular flexibility index (Phi) is 7.37. The minimum absolute atomic E-state index is 0.134. The molecule has 1 N–H and O–H groups in total. The van der Waals surface area contributed by atoms with E-state index in [1.807, 2.05) is 13.8 Å². The first-order valence-electron chi connectivity index (χ1n) is 9.50. The number of hydrogen-bond acceptors (Lipinski definition) is 5. The molecule has 6 nitrogen and oxygen atoms in total. The summed E-state index contributed by atoms with van der Waals surface area (Å²) < 4.78 is 10.8. The topological polar surface area (TPSA) is 88.4 Å². The number of benzene rings is 1. The van der Waals surface area contributed by atoms with Crippen LogP contribution in [-0.2, 0) is 20.9 Å². The smallest absolute Gasteiger partial charge is 0.338 e. The van der Waals surface area contributed by atoms with Crippen molar-refractivity contribution in [3.05, 3.63) is 35.4 Å². The number of hydrogen-bond donors (Lipinski definition) is 1. The van der Waals surface area contributed by atoms with Crippen LogP contribution < -0.4 is 5.32 Å². The van der Waals surface area contributed by atoms with Gasteiger partial charge in [-0.15, -0.1) is 0 Å². The van der Waals surface area contributed by atoms with E-state index in [-0.39, 0.29) is 6.10 Å². The number of nitrogens with zero attached hydrogens (tertiary/aromatic N) is 1. The Morgan fingerprint density at radius 1 is 1.15 bits per heavy atom. The number of carbonyl (C=O) groups is 2. The Hall–Kier alpha value is -2.39. The Labute approximate surface area is 160 Å². The van der Waals surface area contributed by atoms with Crippen LogP contribution >= 0.6 is 0 Å². The Morgan fingerprint density at radius 3 is 2.33 bits per heavy atom. The van der Waals surface area contributed by atoms with Gasteiger partial charge in [-0.05, 0) is 51.3 Å². The van der Waals surface area contributed by atoms with Crippen LogP contribution in [0.15, 0.2) is 24.3 Å². The van der Waals surface area contributed by atoms with Gasteiger partial charge in [0.2, 0.25) is 0 Å². The molecule has 0 aromatic heterocycles. The summed E-state index contributed by atoms with van der Waals surface area (Å²) in [6, 6.07) is 9.15. The fourth-order valence-corrected chi connectivity index (χ4v) is 3.04. The van der Waals surface area contributed by atoms with Crippen LogP contribution in [0.3, 0.4) is 0 Å². The van der Waals surface area contributed by atoms with Crippen molar-refractivity contribution in [2.75, 3.05) is 0 Å². The first-order chi connectivity index (χ1) is 12.8. The second kappa shape index (κ2) is 9.52. The highest BCUT2D eigenvalue weighted by atomic mass is 16.5. The zero-order chi connectivity index (χ0) is 19.9. The van der Waals surface area contributed by atoms with E-state index in [0.29, 0.717) is 25.0 Å². The number of amides is 1. The van der Waals surface area contributed by atoms with Crippen molar-refractivity contribution in [1.29, 1.82) is 5.26 Å². The van der Waals surface area contributed by atoms with Crippen molar-refractivity contribution in [3.8, 4) is 6.07 Å². The van der Waals surface area contributed by atoms with Gasteiger partial charge in [0.25, 0.3) is 5.91 Å². The summed E-state index contributed by atoms with van der Waals surface area (Å²) in [5, 5.41) is 12.2. The van der Waals surface area contributed by atoms with Crippen LogP contribution in [0.4, 0.5) is 0 Å². The van der Waals surface area contributed by atoms with Crippen LogP contribution in [0.1, 0.15) is 68.8 Å². The van der Waals surface area contributed by atoms with Crippen molar-refractivity contribution in [1.82, 2.24) is 5.32 Å². The van der Waals surface area contributed by atoms with Crippen LogP contribution in [0.5, 0.6) is 0 Å². The molecule has 0 saturated heterocycles. The molecule has 0 radical (unpaired) electrons. The predicted octanol–water partition coefficient (Wildman–Crippen LogP) is 3.50. The van der Waals surface area contributed by atoms with Gasteiger partial charge >= 0.3 is 5.97 Å². The van der Waals surface area contributed by atoms with Gasteiger partial charge in [0, 0.05) is 0 Å². The Balaban J connectivity index is 1.90. The molecule has 1 fully saturated rings. The average molecular weight is 372 g/mol. The second-order valence-electron chi connectivity index (χ2n) is 7.35. The molecular formula is C21H28N2O4. The van der Waals surface area contributed by atoms with Crippen molar-refractivity contribution in [2.45, 2.75) is 77.2 Å². The zero-order valence-electron chi connectivity index (χ0n) is 16.3. The number of nitrogens with one attached hydrogen (secondary N) is 1. The monoisotopic (exact) mass is 372 g/mol. The molecule has 146 valence electrons. The standard InChI is InChI=1S/C21H28N2O4/c1-15(2)26-13-17-7-9-18(10-8-17)20(25)27-16(3)19(24)23-21(14-22)11-5-4-6-12-21/h7-10,15-16H,4-6,11-13H2,1-3H3,(H,23,24)/t16-/m1/s1. The average Bonchev–Trinajstić information content (AvgIpc) is 2.67.